The van der Waals surface area contributed by atoms with Crippen LogP contribution in [0.3, 0.4) is 0 Å². The van der Waals surface area contributed by atoms with Crippen molar-refractivity contribution in [1.29, 1.82) is 0 Å². The Bertz CT molecular complexity index is 2090. The van der Waals surface area contributed by atoms with Gasteiger partial charge in [0.2, 0.25) is 0 Å². The third-order valence-electron chi connectivity index (χ3n) is 8.04. The smallest absolute Gasteiger partial charge is 0.178 e. The Hall–Kier alpha value is -5.75. The van der Waals surface area contributed by atoms with Gasteiger partial charge < -0.3 is 5.32 Å². The predicted molar refractivity (Wildman–Crippen MR) is 187 cm³/mol. The standard InChI is InChI=1S/C20H19N3.C20H15N3/c2*1-14-9-11-16(12-10-14)18-19(15-6-3-2-4-7-15)23-20-17(22-18)8-5-13-21-20/h2-4,6-7,9-12H,5,8,13H2,1H3,(H,21,23);2-13H,1H3. The fraction of sp³-hybridized carbons (Fsp3) is 0.125. The summed E-state index contributed by atoms with van der Waals surface area (Å²) >= 11 is 0. The van der Waals surface area contributed by atoms with Crippen LogP contribution in [-0.4, -0.2) is 31.5 Å². The quantitative estimate of drug-likeness (QED) is 0.218. The summed E-state index contributed by atoms with van der Waals surface area (Å²) in [5.41, 5.74) is 13.0. The van der Waals surface area contributed by atoms with E-state index < -0.39 is 0 Å². The Morgan fingerprint density at radius 3 is 1.63 bits per heavy atom. The van der Waals surface area contributed by atoms with Crippen molar-refractivity contribution in [2.75, 3.05) is 11.9 Å². The second-order valence-electron chi connectivity index (χ2n) is 11.5. The first-order chi connectivity index (χ1) is 22.6. The van der Waals surface area contributed by atoms with E-state index in [-0.39, 0.29) is 0 Å². The molecular formula is C40H34N6. The van der Waals surface area contributed by atoms with Gasteiger partial charge in [-0.1, -0.05) is 120 Å². The Kier molecular flexibility index (Phi) is 8.25. The average Bonchev–Trinajstić information content (AvgIpc) is 3.12. The van der Waals surface area contributed by atoms with E-state index in [2.05, 4.69) is 96.9 Å². The molecular weight excluding hydrogens is 564 g/mol. The molecule has 224 valence electrons. The van der Waals surface area contributed by atoms with Crippen molar-refractivity contribution in [2.24, 2.45) is 0 Å². The van der Waals surface area contributed by atoms with E-state index in [1.54, 1.807) is 6.20 Å². The van der Waals surface area contributed by atoms with Gasteiger partial charge in [0.15, 0.2) is 5.65 Å². The maximum Gasteiger partial charge on any atom is 0.178 e. The highest BCUT2D eigenvalue weighted by Crippen LogP contribution is 2.33. The molecule has 6 heteroatoms. The maximum atomic E-state index is 4.96. The SMILES string of the molecule is Cc1ccc(-c2nc3c(nc2-c2ccccc2)NCCC3)cc1.Cc1ccc(-c2nc3cccnc3nc2-c2ccccc2)cc1. The van der Waals surface area contributed by atoms with Crippen LogP contribution in [0.15, 0.2) is 128 Å². The van der Waals surface area contributed by atoms with Crippen LogP contribution in [0, 0.1) is 13.8 Å². The molecule has 4 aromatic carbocycles. The Morgan fingerprint density at radius 1 is 0.500 bits per heavy atom. The molecule has 1 aliphatic heterocycles. The summed E-state index contributed by atoms with van der Waals surface area (Å²) in [4.78, 5) is 23.8. The molecule has 0 aliphatic carbocycles. The summed E-state index contributed by atoms with van der Waals surface area (Å²) in [7, 11) is 0. The molecule has 8 rings (SSSR count). The molecule has 0 bridgehead atoms. The summed E-state index contributed by atoms with van der Waals surface area (Å²) in [6, 6.07) is 41.2. The van der Waals surface area contributed by atoms with Gasteiger partial charge in [0, 0.05) is 35.0 Å². The number of aromatic nitrogens is 5. The third kappa shape index (κ3) is 6.24. The van der Waals surface area contributed by atoms with Crippen molar-refractivity contribution in [3.8, 4) is 45.0 Å². The lowest BCUT2D eigenvalue weighted by atomic mass is 10.0. The lowest BCUT2D eigenvalue weighted by Gasteiger charge is -2.19. The normalized spacial score (nSPS) is 12.0. The van der Waals surface area contributed by atoms with Gasteiger partial charge in [-0.25, -0.2) is 24.9 Å². The molecule has 1 N–H and O–H groups in total. The molecule has 0 saturated heterocycles. The Balaban J connectivity index is 0.000000147. The molecule has 7 aromatic rings. The van der Waals surface area contributed by atoms with Crippen LogP contribution in [0.2, 0.25) is 0 Å². The molecule has 0 radical (unpaired) electrons. The number of hydrogen-bond donors (Lipinski definition) is 1. The molecule has 0 saturated carbocycles. The zero-order chi connectivity index (χ0) is 31.3. The van der Waals surface area contributed by atoms with Gasteiger partial charge in [0.05, 0.1) is 28.5 Å². The minimum absolute atomic E-state index is 0.669. The topological polar surface area (TPSA) is 76.5 Å². The summed E-state index contributed by atoms with van der Waals surface area (Å²) < 4.78 is 0. The zero-order valence-electron chi connectivity index (χ0n) is 26.0. The summed E-state index contributed by atoms with van der Waals surface area (Å²) in [6.07, 6.45) is 3.85. The first kappa shape index (κ1) is 29.0. The minimum Gasteiger partial charge on any atom is -0.369 e. The van der Waals surface area contributed by atoms with E-state index in [4.69, 9.17) is 19.9 Å². The van der Waals surface area contributed by atoms with Crippen LogP contribution in [-0.2, 0) is 6.42 Å². The maximum absolute atomic E-state index is 4.96. The van der Waals surface area contributed by atoms with E-state index in [1.807, 2.05) is 48.5 Å². The molecule has 0 amide bonds. The predicted octanol–water partition coefficient (Wildman–Crippen LogP) is 9.14. The highest BCUT2D eigenvalue weighted by molar-refractivity contribution is 5.84. The van der Waals surface area contributed by atoms with E-state index in [9.17, 15) is 0 Å². The highest BCUT2D eigenvalue weighted by atomic mass is 15.0. The molecule has 4 heterocycles. The van der Waals surface area contributed by atoms with Crippen molar-refractivity contribution >= 4 is 17.0 Å². The molecule has 3 aromatic heterocycles. The van der Waals surface area contributed by atoms with E-state index in [0.717, 1.165) is 81.4 Å². The lowest BCUT2D eigenvalue weighted by Crippen LogP contribution is -2.16. The first-order valence-corrected chi connectivity index (χ1v) is 15.6. The number of nitrogens with zero attached hydrogens (tertiary/aromatic N) is 5. The van der Waals surface area contributed by atoms with Crippen LogP contribution in [0.4, 0.5) is 5.82 Å². The van der Waals surface area contributed by atoms with Gasteiger partial charge in [-0.3, -0.25) is 0 Å². The summed E-state index contributed by atoms with van der Waals surface area (Å²) in [5.74, 6) is 0.936. The first-order valence-electron chi connectivity index (χ1n) is 15.6. The summed E-state index contributed by atoms with van der Waals surface area (Å²) in [5, 5.41) is 3.39. The number of rotatable bonds is 4. The summed E-state index contributed by atoms with van der Waals surface area (Å²) in [6.45, 7) is 5.15. The number of hydrogen-bond acceptors (Lipinski definition) is 6. The second kappa shape index (κ2) is 13.1. The van der Waals surface area contributed by atoms with Crippen LogP contribution in [0.1, 0.15) is 23.2 Å². The van der Waals surface area contributed by atoms with Crippen molar-refractivity contribution in [2.45, 2.75) is 26.7 Å². The van der Waals surface area contributed by atoms with E-state index in [0.29, 0.717) is 5.65 Å². The fourth-order valence-electron chi connectivity index (χ4n) is 5.56. The van der Waals surface area contributed by atoms with Crippen molar-refractivity contribution in [1.82, 2.24) is 24.9 Å². The Morgan fingerprint density at radius 2 is 1.02 bits per heavy atom. The molecule has 46 heavy (non-hydrogen) atoms. The van der Waals surface area contributed by atoms with Crippen molar-refractivity contribution in [3.63, 3.8) is 0 Å². The zero-order valence-corrected chi connectivity index (χ0v) is 26.0. The number of fused-ring (bicyclic) bond motifs is 2. The van der Waals surface area contributed by atoms with Gasteiger partial charge in [0.25, 0.3) is 0 Å². The molecule has 0 fully saturated rings. The van der Waals surface area contributed by atoms with Gasteiger partial charge in [-0.15, -0.1) is 0 Å². The molecule has 0 unspecified atom stereocenters. The number of nitrogens with one attached hydrogen (secondary N) is 1. The Labute approximate surface area is 269 Å². The number of pyridine rings is 1. The van der Waals surface area contributed by atoms with E-state index >= 15 is 0 Å². The van der Waals surface area contributed by atoms with Crippen LogP contribution >= 0.6 is 0 Å². The van der Waals surface area contributed by atoms with Crippen molar-refractivity contribution in [3.05, 3.63) is 144 Å². The third-order valence-corrected chi connectivity index (χ3v) is 8.04. The van der Waals surface area contributed by atoms with E-state index in [1.165, 1.54) is 11.1 Å². The van der Waals surface area contributed by atoms with Gasteiger partial charge in [-0.05, 0) is 38.8 Å². The molecule has 6 nitrogen and oxygen atoms in total. The molecule has 0 atom stereocenters. The number of anilines is 1. The monoisotopic (exact) mass is 598 g/mol. The van der Waals surface area contributed by atoms with Crippen molar-refractivity contribution < 1.29 is 0 Å². The van der Waals surface area contributed by atoms with Gasteiger partial charge >= 0.3 is 0 Å². The van der Waals surface area contributed by atoms with Crippen LogP contribution < -0.4 is 5.32 Å². The molecule has 0 spiro atoms. The average molecular weight is 599 g/mol. The van der Waals surface area contributed by atoms with Crippen LogP contribution in [0.5, 0.6) is 0 Å². The number of benzene rings is 4. The minimum atomic E-state index is 0.669. The fourth-order valence-corrected chi connectivity index (χ4v) is 5.56. The largest absolute Gasteiger partial charge is 0.369 e. The number of aryl methyl sites for hydroxylation is 3. The lowest BCUT2D eigenvalue weighted by molar-refractivity contribution is 0.790. The second-order valence-corrected chi connectivity index (χ2v) is 11.5. The van der Waals surface area contributed by atoms with Gasteiger partial charge in [0.1, 0.15) is 11.3 Å². The molecule has 1 aliphatic rings. The van der Waals surface area contributed by atoms with Crippen LogP contribution in [0.25, 0.3) is 56.2 Å². The van der Waals surface area contributed by atoms with Gasteiger partial charge in [-0.2, -0.15) is 0 Å². The highest BCUT2D eigenvalue weighted by Gasteiger charge is 2.19.